The Hall–Kier alpha value is -0.0800. The molecule has 2 heteroatoms. The fourth-order valence-corrected chi connectivity index (χ4v) is 3.15. The van der Waals surface area contributed by atoms with Crippen molar-refractivity contribution in [2.24, 2.45) is 5.92 Å². The fourth-order valence-electron chi connectivity index (χ4n) is 3.15. The van der Waals surface area contributed by atoms with Gasteiger partial charge in [0.2, 0.25) is 0 Å². The van der Waals surface area contributed by atoms with Crippen molar-refractivity contribution in [3.63, 3.8) is 0 Å². The lowest BCUT2D eigenvalue weighted by Gasteiger charge is -2.22. The van der Waals surface area contributed by atoms with Gasteiger partial charge in [-0.15, -0.1) is 0 Å². The Balaban J connectivity index is 2.11. The van der Waals surface area contributed by atoms with Crippen LogP contribution in [0.15, 0.2) is 0 Å². The van der Waals surface area contributed by atoms with Gasteiger partial charge in [0, 0.05) is 19.1 Å². The van der Waals surface area contributed by atoms with Crippen LogP contribution < -0.4 is 5.32 Å². The molecular weight excluding hydrogens is 220 g/mol. The van der Waals surface area contributed by atoms with Crippen LogP contribution in [0.3, 0.4) is 0 Å². The zero-order valence-electron chi connectivity index (χ0n) is 12.9. The van der Waals surface area contributed by atoms with E-state index in [1.54, 1.807) is 0 Å². The minimum absolute atomic E-state index is 0.690. The highest BCUT2D eigenvalue weighted by Gasteiger charge is 2.15. The van der Waals surface area contributed by atoms with Crippen molar-refractivity contribution >= 4 is 0 Å². The summed E-state index contributed by atoms with van der Waals surface area (Å²) in [6, 6.07) is 0.690. The third kappa shape index (κ3) is 6.75. The van der Waals surface area contributed by atoms with Gasteiger partial charge in [-0.3, -0.25) is 0 Å². The second-order valence-electron chi connectivity index (χ2n) is 6.07. The Labute approximate surface area is 115 Å². The van der Waals surface area contributed by atoms with E-state index in [9.17, 15) is 0 Å². The number of nitrogens with one attached hydrogen (secondary N) is 1. The number of likely N-dealkylation sites (tertiary alicyclic amines) is 1. The summed E-state index contributed by atoms with van der Waals surface area (Å²) in [4.78, 5) is 2.67. The molecule has 108 valence electrons. The zero-order valence-corrected chi connectivity index (χ0v) is 12.9. The quantitative estimate of drug-likeness (QED) is 0.711. The van der Waals surface area contributed by atoms with E-state index in [4.69, 9.17) is 0 Å². The van der Waals surface area contributed by atoms with E-state index in [0.29, 0.717) is 6.04 Å². The average Bonchev–Trinajstić information content (AvgIpc) is 2.56. The van der Waals surface area contributed by atoms with Crippen molar-refractivity contribution in [2.45, 2.75) is 71.8 Å². The first-order chi connectivity index (χ1) is 8.76. The summed E-state index contributed by atoms with van der Waals surface area (Å²) in [6.45, 7) is 12.0. The second kappa shape index (κ2) is 9.80. The second-order valence-corrected chi connectivity index (χ2v) is 6.07. The lowest BCUT2D eigenvalue weighted by molar-refractivity contribution is 0.274. The summed E-state index contributed by atoms with van der Waals surface area (Å²) in [5.41, 5.74) is 0. The zero-order chi connectivity index (χ0) is 13.2. The van der Waals surface area contributed by atoms with Crippen molar-refractivity contribution in [3.8, 4) is 0 Å². The first-order valence-corrected chi connectivity index (χ1v) is 8.22. The van der Waals surface area contributed by atoms with Crippen LogP contribution in [0, 0.1) is 5.92 Å². The largest absolute Gasteiger partial charge is 0.313 e. The van der Waals surface area contributed by atoms with Crippen molar-refractivity contribution in [1.29, 1.82) is 0 Å². The van der Waals surface area contributed by atoms with E-state index in [-0.39, 0.29) is 0 Å². The van der Waals surface area contributed by atoms with Crippen LogP contribution in [-0.2, 0) is 0 Å². The van der Waals surface area contributed by atoms with Crippen LogP contribution in [0.4, 0.5) is 0 Å². The van der Waals surface area contributed by atoms with Crippen LogP contribution in [0.1, 0.15) is 65.7 Å². The van der Waals surface area contributed by atoms with E-state index >= 15 is 0 Å². The van der Waals surface area contributed by atoms with Gasteiger partial charge in [-0.1, -0.05) is 33.1 Å². The highest BCUT2D eigenvalue weighted by molar-refractivity contribution is 4.71. The lowest BCUT2D eigenvalue weighted by Crippen LogP contribution is -2.36. The Morgan fingerprint density at radius 1 is 1.17 bits per heavy atom. The molecule has 1 aliphatic heterocycles. The average molecular weight is 254 g/mol. The van der Waals surface area contributed by atoms with E-state index in [1.165, 1.54) is 71.1 Å². The number of hydrogen-bond donors (Lipinski definition) is 1. The molecule has 0 aliphatic carbocycles. The summed E-state index contributed by atoms with van der Waals surface area (Å²) in [6.07, 6.45) is 9.70. The van der Waals surface area contributed by atoms with Gasteiger partial charge < -0.3 is 10.2 Å². The topological polar surface area (TPSA) is 15.3 Å². The molecule has 0 radical (unpaired) electrons. The molecule has 0 aromatic rings. The summed E-state index contributed by atoms with van der Waals surface area (Å²) >= 11 is 0. The molecule has 1 fully saturated rings. The Bertz CT molecular complexity index is 194. The molecular formula is C16H34N2. The number of nitrogens with zero attached hydrogens (tertiary/aromatic N) is 1. The van der Waals surface area contributed by atoms with Crippen LogP contribution >= 0.6 is 0 Å². The van der Waals surface area contributed by atoms with Gasteiger partial charge in [-0.25, -0.2) is 0 Å². The van der Waals surface area contributed by atoms with E-state index in [2.05, 4.69) is 31.0 Å². The molecule has 1 saturated heterocycles. The van der Waals surface area contributed by atoms with Crippen LogP contribution in [0.2, 0.25) is 0 Å². The van der Waals surface area contributed by atoms with E-state index in [0.717, 1.165) is 5.92 Å². The standard InChI is InChI=1S/C16H34N2/c1-4-7-15(3)17-11-14-18-12-6-9-16(8-5-2)10-13-18/h15-17H,4-14H2,1-3H3. The van der Waals surface area contributed by atoms with Crippen molar-refractivity contribution in [1.82, 2.24) is 10.2 Å². The molecule has 1 aliphatic rings. The molecule has 0 aromatic heterocycles. The monoisotopic (exact) mass is 254 g/mol. The Morgan fingerprint density at radius 3 is 2.72 bits per heavy atom. The number of hydrogen-bond acceptors (Lipinski definition) is 2. The Kier molecular flexibility index (Phi) is 8.70. The van der Waals surface area contributed by atoms with Crippen LogP contribution in [0.5, 0.6) is 0 Å². The normalized spacial score (nSPS) is 23.8. The van der Waals surface area contributed by atoms with Crippen molar-refractivity contribution in [2.75, 3.05) is 26.2 Å². The molecule has 18 heavy (non-hydrogen) atoms. The summed E-state index contributed by atoms with van der Waals surface area (Å²) in [5, 5.41) is 3.65. The first kappa shape index (κ1) is 16.0. The van der Waals surface area contributed by atoms with E-state index < -0.39 is 0 Å². The lowest BCUT2D eigenvalue weighted by atomic mass is 9.96. The third-order valence-electron chi connectivity index (χ3n) is 4.28. The van der Waals surface area contributed by atoms with Gasteiger partial charge in [0.25, 0.3) is 0 Å². The fraction of sp³-hybridized carbons (Fsp3) is 1.00. The van der Waals surface area contributed by atoms with Crippen LogP contribution in [-0.4, -0.2) is 37.1 Å². The van der Waals surface area contributed by atoms with E-state index in [1.807, 2.05) is 0 Å². The highest BCUT2D eigenvalue weighted by Crippen LogP contribution is 2.21. The van der Waals surface area contributed by atoms with Gasteiger partial charge in [-0.2, -0.15) is 0 Å². The first-order valence-electron chi connectivity index (χ1n) is 8.22. The van der Waals surface area contributed by atoms with Crippen molar-refractivity contribution < 1.29 is 0 Å². The van der Waals surface area contributed by atoms with Gasteiger partial charge in [0.05, 0.1) is 0 Å². The van der Waals surface area contributed by atoms with Gasteiger partial charge in [-0.05, 0) is 51.6 Å². The van der Waals surface area contributed by atoms with Crippen molar-refractivity contribution in [3.05, 3.63) is 0 Å². The molecule has 0 saturated carbocycles. The minimum atomic E-state index is 0.690. The molecule has 0 aromatic carbocycles. The molecule has 2 unspecified atom stereocenters. The maximum atomic E-state index is 3.65. The highest BCUT2D eigenvalue weighted by atomic mass is 15.1. The molecule has 1 rings (SSSR count). The maximum absolute atomic E-state index is 3.65. The van der Waals surface area contributed by atoms with Gasteiger partial charge >= 0.3 is 0 Å². The summed E-state index contributed by atoms with van der Waals surface area (Å²) in [7, 11) is 0. The molecule has 2 atom stereocenters. The smallest absolute Gasteiger partial charge is 0.0107 e. The molecule has 0 amide bonds. The summed E-state index contributed by atoms with van der Waals surface area (Å²) in [5.74, 6) is 1.01. The van der Waals surface area contributed by atoms with Crippen LogP contribution in [0.25, 0.3) is 0 Å². The maximum Gasteiger partial charge on any atom is 0.0107 e. The predicted octanol–water partition coefficient (Wildman–Crippen LogP) is 3.67. The molecule has 2 nitrogen and oxygen atoms in total. The molecule has 0 spiro atoms. The molecule has 1 N–H and O–H groups in total. The SMILES string of the molecule is CCCC1CCCN(CCNC(C)CCC)CC1. The van der Waals surface area contributed by atoms with Gasteiger partial charge in [0.1, 0.15) is 0 Å². The summed E-state index contributed by atoms with van der Waals surface area (Å²) < 4.78 is 0. The predicted molar refractivity (Wildman–Crippen MR) is 81.1 cm³/mol. The molecule has 0 bridgehead atoms. The van der Waals surface area contributed by atoms with Gasteiger partial charge in [0.15, 0.2) is 0 Å². The minimum Gasteiger partial charge on any atom is -0.313 e. The Morgan fingerprint density at radius 2 is 2.00 bits per heavy atom. The third-order valence-corrected chi connectivity index (χ3v) is 4.28. The number of rotatable bonds is 8. The molecule has 1 heterocycles.